The fourth-order valence-electron chi connectivity index (χ4n) is 14.6. The van der Waals surface area contributed by atoms with Crippen LogP contribution in [0, 0.1) is 114 Å². The summed E-state index contributed by atoms with van der Waals surface area (Å²) in [5.41, 5.74) is 1.86. The minimum atomic E-state index is -0.304. The molecule has 0 unspecified atom stereocenters. The van der Waals surface area contributed by atoms with Crippen LogP contribution in [0.1, 0.15) is 406 Å². The third-order valence-corrected chi connectivity index (χ3v) is 22.5. The maximum absolute atomic E-state index is 11.7. The molecule has 2 aromatic carbocycles. The summed E-state index contributed by atoms with van der Waals surface area (Å²) in [7, 11) is 7.02. The number of Topliss-reactive ketones (excluding diaryl/α,β-unsaturated/α-hetero) is 11. The van der Waals surface area contributed by atoms with Crippen LogP contribution >= 0.6 is 0 Å². The Kier molecular flexibility index (Phi) is 134. The summed E-state index contributed by atoms with van der Waals surface area (Å²) in [6, 6.07) is 17.6. The van der Waals surface area contributed by atoms with E-state index in [1.165, 1.54) is 212 Å². The first kappa shape index (κ1) is 164. The maximum Gasteiger partial charge on any atom is 0.302 e. The molecule has 0 atom stereocenters. The summed E-state index contributed by atoms with van der Waals surface area (Å²) in [4.78, 5) is 142. The van der Waals surface area contributed by atoms with Gasteiger partial charge in [0.25, 0.3) is 0 Å². The molecule has 0 N–H and O–H groups in total. The molecular formula is C120H214AcN2O25Pr. The van der Waals surface area contributed by atoms with Crippen molar-refractivity contribution in [2.24, 2.45) is 28.6 Å². The number of aromatic nitrogens is 1. The predicted octanol–water partition coefficient (Wildman–Crippen LogP) is 25.8. The summed E-state index contributed by atoms with van der Waals surface area (Å²) in [5.74, 6) is 5.10. The summed E-state index contributed by atoms with van der Waals surface area (Å²) in [6.45, 7) is 50.5. The van der Waals surface area contributed by atoms with Crippen molar-refractivity contribution in [3.05, 3.63) is 90.8 Å². The molecule has 4 saturated carbocycles. The van der Waals surface area contributed by atoms with Gasteiger partial charge in [0.1, 0.15) is 71.0 Å². The molecule has 0 amide bonds. The number of methoxy groups -OCH3 is 2. The number of benzene rings is 2. The van der Waals surface area contributed by atoms with Gasteiger partial charge < -0.3 is 90.5 Å². The Morgan fingerprint density at radius 1 is 0.383 bits per heavy atom. The van der Waals surface area contributed by atoms with E-state index in [9.17, 15) is 62.3 Å². The molecule has 1 aromatic heterocycles. The molecule has 860 valence electrons. The number of pyridine rings is 1. The van der Waals surface area contributed by atoms with E-state index in [0.717, 1.165) is 87.5 Å². The van der Waals surface area contributed by atoms with E-state index < -0.39 is 0 Å². The van der Waals surface area contributed by atoms with Crippen molar-refractivity contribution in [1.82, 2.24) is 9.88 Å². The molecular weight excluding hydrogens is 2240 g/mol. The molecule has 2 radical (unpaired) electrons. The van der Waals surface area contributed by atoms with Gasteiger partial charge in [-0.2, -0.15) is 0 Å². The quantitative estimate of drug-likeness (QED) is 0.0219. The Balaban J connectivity index is -0.000000180. The number of ketones is 11. The normalized spacial score (nSPS) is 13.6. The molecule has 27 nitrogen and oxygen atoms in total. The number of likely N-dealkylation sites (N-methyl/N-ethyl adjacent to an activating group) is 1. The molecule has 149 heavy (non-hydrogen) atoms. The zero-order valence-electron chi connectivity index (χ0n) is 97.8. The van der Waals surface area contributed by atoms with Crippen LogP contribution in [-0.4, -0.2) is 252 Å². The fraction of sp³-hybridized carbons (Fsp3) is 0.750. The number of allylic oxidation sites excluding steroid dienone is 1. The predicted molar refractivity (Wildman–Crippen MR) is 599 cm³/mol. The van der Waals surface area contributed by atoms with Crippen molar-refractivity contribution in [3.8, 4) is 0 Å². The molecule has 1 heterocycles. The minimum absolute atomic E-state index is 0. The third-order valence-electron chi connectivity index (χ3n) is 22.5. The number of hydrogen-bond donors (Lipinski definition) is 0. The van der Waals surface area contributed by atoms with Gasteiger partial charge >= 0.3 is 11.9 Å². The van der Waals surface area contributed by atoms with Crippen LogP contribution in [-0.2, 0) is 121 Å². The van der Waals surface area contributed by atoms with Crippen LogP contribution < -0.4 is 0 Å². The Bertz CT molecular complexity index is 3620. The van der Waals surface area contributed by atoms with Crippen LogP contribution in [0.2, 0.25) is 0 Å². The van der Waals surface area contributed by atoms with Gasteiger partial charge in [0.15, 0.2) is 5.78 Å². The van der Waals surface area contributed by atoms with E-state index in [1.54, 1.807) is 94.1 Å². The van der Waals surface area contributed by atoms with E-state index >= 15 is 0 Å². The molecule has 3 aromatic rings. The first-order chi connectivity index (χ1) is 69.4. The number of hydrogen-bond acceptors (Lipinski definition) is 27. The smallest absolute Gasteiger partial charge is 0.302 e. The number of carbonyl (C=O) groups is 13. The number of carbonyl (C=O) groups excluding carboxylic acids is 13. The summed E-state index contributed by atoms with van der Waals surface area (Å²) in [5, 5.41) is 2.39. The second-order valence-electron chi connectivity index (χ2n) is 39.0. The van der Waals surface area contributed by atoms with E-state index in [-0.39, 0.29) is 157 Å². The maximum atomic E-state index is 11.7. The summed E-state index contributed by atoms with van der Waals surface area (Å²) < 4.78 is 61.2. The van der Waals surface area contributed by atoms with Crippen LogP contribution in [0.3, 0.4) is 0 Å². The number of rotatable bonds is 68. The molecule has 4 fully saturated rings. The summed E-state index contributed by atoms with van der Waals surface area (Å²) >= 11 is 0. The standard InChI is InChI=1S/C17H34O9.C17H34O.C13H12O.C12H18O.C11H22O.C9H18O5.C8H14O.C7H7NO.C7H14O.C6H12O.C5H11NO.C4H8O.C3H6O.CH4.Ac.Pr/c1-17(18)26-16-15-25-14-13-24-12-11-23-10-9-22-8-7-21-6-5-20-4-3-19-2;1-3-4-5-6-7-8-9-10-11-12-13-14-15-16-17(2)18;1-10(14)9-12-7-4-6-11-5-2-3-8-13(11)12;1-8(13)12-5-9-2-10(6-12)4-11(3-9)7-12;1-3-4-5-6-7-8-9-10-11(2)12;1-9(10)14-8-7-13-6-5-12-4-3-11-2;1-3-4-5-6-7-8(2)9;1-6(9)7-2-4-8-5-3-7;1-3-4-5-6-7(2)8;1-5(7)6(2,3)4;1-5(7)4-6(2)3;1-3-4(2)5;1-3(2)4;;;/h3-16H2,1-2H3;3-16H2,1-2H3;2-8H,9H2,1H3;9-11H,2-7H2,1H3;3-10H2,1-2H3;3-8H2,1-2H3;3H,1,4-7H2,2H3;2-5H,1H3;3-6H2,1-2H3;1-4H3;4H2,1-3H3;3H2,1-2H3;1-2H3;1H4;;. The van der Waals surface area contributed by atoms with Gasteiger partial charge in [0, 0.05) is 181 Å². The summed E-state index contributed by atoms with van der Waals surface area (Å²) in [6.07, 6.45) is 50.9. The Morgan fingerprint density at radius 2 is 0.658 bits per heavy atom. The van der Waals surface area contributed by atoms with E-state index in [4.69, 9.17) is 52.1 Å². The molecule has 0 saturated heterocycles. The SMILES string of the molecule is C.C=CCCCCC(C)=O.CC(=O)C(C)(C)C.CC(=O)C12CC3CC(CC(C3)C1)C2.CC(=O)CN(C)C.CC(=O)Cc1cccc2ccccc12.CC(=O)c1ccncc1.CC(C)=O.CCC(C)=O.CCCCCC(C)=O.CCCCCCCCCC(C)=O.CCCCCCCCCCCCCCCC(C)=O.COCCOCCOCCOC(C)=O.COCCOCCOCCOCCOCCOCCOCCOC(C)=O.[Ac].[Pr]. The number of fused-ring (bicyclic) bond motifs is 1. The topological polar surface area (TPSA) is 349 Å². The zero-order chi connectivity index (χ0) is 112. The number of ether oxygens (including phenoxy) is 12. The van der Waals surface area contributed by atoms with Gasteiger partial charge in [-0.1, -0.05) is 233 Å². The molecule has 0 spiro atoms. The Hall–Kier alpha value is -4.73. The Morgan fingerprint density at radius 3 is 0.899 bits per heavy atom. The van der Waals surface area contributed by atoms with Crippen molar-refractivity contribution in [2.75, 3.05) is 167 Å². The van der Waals surface area contributed by atoms with Crippen molar-refractivity contribution in [1.29, 1.82) is 0 Å². The average Bonchev–Trinajstić information content (AvgIpc) is 0.744. The average molecular weight is 2450 g/mol. The minimum Gasteiger partial charge on any atom is -0.463 e. The van der Waals surface area contributed by atoms with Crippen molar-refractivity contribution >= 4 is 86.3 Å². The number of esters is 2. The van der Waals surface area contributed by atoms with E-state index in [2.05, 4.69) is 55.3 Å². The molecule has 0 aliphatic heterocycles. The molecule has 29 heteroatoms. The largest absolute Gasteiger partial charge is 0.463 e. The van der Waals surface area contributed by atoms with Crippen molar-refractivity contribution in [2.45, 2.75) is 397 Å². The first-order valence-corrected chi connectivity index (χ1v) is 54.4. The van der Waals surface area contributed by atoms with E-state index in [0.29, 0.717) is 179 Å². The first-order valence-electron chi connectivity index (χ1n) is 54.4. The number of unbranched alkanes of at least 4 members (excludes halogenated alkanes) is 22. The van der Waals surface area contributed by atoms with Gasteiger partial charge in [-0.15, -0.1) is 6.58 Å². The molecule has 7 rings (SSSR count). The van der Waals surface area contributed by atoms with Crippen LogP contribution in [0.4, 0.5) is 0 Å². The molecule has 4 aliphatic carbocycles. The molecule has 4 aliphatic rings. The Labute approximate surface area is 975 Å². The van der Waals surface area contributed by atoms with Gasteiger partial charge in [-0.05, 0) is 220 Å². The van der Waals surface area contributed by atoms with Gasteiger partial charge in [0.05, 0.1) is 125 Å². The van der Waals surface area contributed by atoms with Gasteiger partial charge in [-0.25, -0.2) is 0 Å². The third kappa shape index (κ3) is 134. The van der Waals surface area contributed by atoms with E-state index in [1.807, 2.05) is 84.0 Å². The van der Waals surface area contributed by atoms with Crippen LogP contribution in [0.15, 0.2) is 79.6 Å². The monoisotopic (exact) mass is 2450 g/mol. The fourth-order valence-corrected chi connectivity index (χ4v) is 14.6. The van der Waals surface area contributed by atoms with Gasteiger partial charge in [0.2, 0.25) is 0 Å². The van der Waals surface area contributed by atoms with Gasteiger partial charge in [-0.3, -0.25) is 38.5 Å². The van der Waals surface area contributed by atoms with Crippen LogP contribution in [0.5, 0.6) is 0 Å². The second kappa shape index (κ2) is 122. The van der Waals surface area contributed by atoms with Crippen LogP contribution in [0.25, 0.3) is 10.8 Å². The molecule has 4 bridgehead atoms. The second-order valence-corrected chi connectivity index (χ2v) is 39.0. The van der Waals surface area contributed by atoms with Crippen molar-refractivity contribution in [3.63, 3.8) is 0 Å². The van der Waals surface area contributed by atoms with Crippen molar-refractivity contribution < 1.29 is 205 Å². The number of nitrogens with zero attached hydrogens (tertiary/aromatic N) is 2. The zero-order valence-corrected chi connectivity index (χ0v) is 106.